The summed E-state index contributed by atoms with van der Waals surface area (Å²) >= 11 is 0. The molecular weight excluding hydrogens is 454 g/mol. The molecule has 2 aromatic rings. The van der Waals surface area contributed by atoms with E-state index in [2.05, 4.69) is 18.1 Å². The molecule has 1 saturated heterocycles. The summed E-state index contributed by atoms with van der Waals surface area (Å²) in [6, 6.07) is 13.0. The van der Waals surface area contributed by atoms with E-state index in [9.17, 15) is 14.4 Å². The zero-order valence-electron chi connectivity index (χ0n) is 20.8. The number of anilines is 1. The second-order valence-corrected chi connectivity index (χ2v) is 9.13. The molecule has 4 rings (SSSR count). The fraction of sp³-hybridized carbons (Fsp3) is 0.345. The van der Waals surface area contributed by atoms with Crippen molar-refractivity contribution in [2.24, 2.45) is 5.92 Å². The fourth-order valence-electron chi connectivity index (χ4n) is 5.15. The lowest BCUT2D eigenvalue weighted by molar-refractivity contribution is -0.134. The molecule has 2 aliphatic rings. The van der Waals surface area contributed by atoms with Crippen LogP contribution in [0.2, 0.25) is 0 Å². The maximum atomic E-state index is 13.5. The van der Waals surface area contributed by atoms with E-state index in [0.29, 0.717) is 37.2 Å². The van der Waals surface area contributed by atoms with Crippen LogP contribution in [0, 0.1) is 5.92 Å². The number of fused-ring (bicyclic) bond motifs is 1. The van der Waals surface area contributed by atoms with Crippen LogP contribution < -0.4 is 9.64 Å². The van der Waals surface area contributed by atoms with Crippen molar-refractivity contribution in [3.63, 3.8) is 0 Å². The molecule has 0 N–H and O–H groups in total. The molecule has 0 aliphatic carbocycles. The lowest BCUT2D eigenvalue weighted by Gasteiger charge is -2.36. The van der Waals surface area contributed by atoms with Gasteiger partial charge in [-0.2, -0.15) is 0 Å². The van der Waals surface area contributed by atoms with Gasteiger partial charge in [0, 0.05) is 32.7 Å². The van der Waals surface area contributed by atoms with Crippen LogP contribution in [0.1, 0.15) is 39.1 Å². The second kappa shape index (κ2) is 11.2. The highest BCUT2D eigenvalue weighted by Crippen LogP contribution is 2.34. The maximum absolute atomic E-state index is 13.5. The monoisotopic (exact) mass is 487 g/mol. The van der Waals surface area contributed by atoms with E-state index in [0.717, 1.165) is 36.4 Å². The van der Waals surface area contributed by atoms with Crippen LogP contribution in [0.15, 0.2) is 67.8 Å². The molecule has 0 bridgehead atoms. The first kappa shape index (κ1) is 25.2. The number of nitrogens with zero attached hydrogens (tertiary/aromatic N) is 3. The van der Waals surface area contributed by atoms with Gasteiger partial charge in [-0.15, -0.1) is 13.2 Å². The Morgan fingerprint density at radius 2 is 1.83 bits per heavy atom. The van der Waals surface area contributed by atoms with E-state index in [1.54, 1.807) is 30.2 Å². The molecule has 0 aromatic heterocycles. The zero-order valence-corrected chi connectivity index (χ0v) is 20.8. The number of benzene rings is 2. The van der Waals surface area contributed by atoms with Crippen molar-refractivity contribution in [2.75, 3.05) is 44.7 Å². The first-order valence-electron chi connectivity index (χ1n) is 12.4. The molecule has 0 radical (unpaired) electrons. The van der Waals surface area contributed by atoms with Gasteiger partial charge in [0.15, 0.2) is 0 Å². The molecule has 2 aliphatic heterocycles. The predicted octanol–water partition coefficient (Wildman–Crippen LogP) is 3.95. The van der Waals surface area contributed by atoms with E-state index >= 15 is 0 Å². The lowest BCUT2D eigenvalue weighted by atomic mass is 9.94. The summed E-state index contributed by atoms with van der Waals surface area (Å²) < 4.78 is 5.41. The van der Waals surface area contributed by atoms with Crippen molar-refractivity contribution >= 4 is 23.4 Å². The number of ether oxygens (including phenoxy) is 1. The number of hydrogen-bond donors (Lipinski definition) is 0. The summed E-state index contributed by atoms with van der Waals surface area (Å²) in [5.74, 6) is 0.0467. The highest BCUT2D eigenvalue weighted by molar-refractivity contribution is 6.23. The van der Waals surface area contributed by atoms with Crippen LogP contribution in [-0.4, -0.2) is 67.4 Å². The van der Waals surface area contributed by atoms with Crippen molar-refractivity contribution in [3.05, 3.63) is 84.5 Å². The van der Waals surface area contributed by atoms with Gasteiger partial charge in [-0.05, 0) is 43.0 Å². The van der Waals surface area contributed by atoms with E-state index in [-0.39, 0.29) is 30.2 Å². The molecule has 1 atom stereocenters. The van der Waals surface area contributed by atoms with Gasteiger partial charge in [0.25, 0.3) is 11.8 Å². The van der Waals surface area contributed by atoms with Gasteiger partial charge in [0.05, 0.1) is 29.8 Å². The van der Waals surface area contributed by atoms with E-state index < -0.39 is 0 Å². The van der Waals surface area contributed by atoms with Crippen LogP contribution in [-0.2, 0) is 11.2 Å². The molecule has 2 aromatic carbocycles. The summed E-state index contributed by atoms with van der Waals surface area (Å²) in [6.07, 6.45) is 5.56. The number of para-hydroxylation sites is 1. The van der Waals surface area contributed by atoms with Crippen LogP contribution in [0.5, 0.6) is 5.75 Å². The third-order valence-electron chi connectivity index (χ3n) is 6.90. The number of piperidine rings is 1. The van der Waals surface area contributed by atoms with Gasteiger partial charge in [-0.1, -0.05) is 36.4 Å². The Bertz CT molecular complexity index is 1160. The number of methoxy groups -OCH3 is 1. The van der Waals surface area contributed by atoms with Crippen molar-refractivity contribution in [1.82, 2.24) is 9.80 Å². The van der Waals surface area contributed by atoms with Crippen molar-refractivity contribution in [1.29, 1.82) is 0 Å². The van der Waals surface area contributed by atoms with E-state index in [4.69, 9.17) is 4.74 Å². The number of rotatable bonds is 10. The van der Waals surface area contributed by atoms with Gasteiger partial charge in [0.2, 0.25) is 5.91 Å². The second-order valence-electron chi connectivity index (χ2n) is 9.13. The Morgan fingerprint density at radius 3 is 2.56 bits per heavy atom. The first-order chi connectivity index (χ1) is 17.5. The molecule has 3 amide bonds. The van der Waals surface area contributed by atoms with Gasteiger partial charge in [0.1, 0.15) is 5.75 Å². The van der Waals surface area contributed by atoms with Crippen LogP contribution in [0.4, 0.5) is 5.69 Å². The summed E-state index contributed by atoms with van der Waals surface area (Å²) in [6.45, 7) is 9.95. The molecular formula is C29H33N3O4. The van der Waals surface area contributed by atoms with E-state index in [1.807, 2.05) is 36.4 Å². The van der Waals surface area contributed by atoms with Crippen molar-refractivity contribution in [3.8, 4) is 5.75 Å². The normalized spacial score (nSPS) is 17.1. The van der Waals surface area contributed by atoms with Gasteiger partial charge >= 0.3 is 0 Å². The van der Waals surface area contributed by atoms with Gasteiger partial charge in [-0.3, -0.25) is 19.3 Å². The standard InChI is InChI=1S/C29H33N3O4/c1-4-16-30(17-5-2)27(33)22-11-9-18-31(20-22)24-13-8-12-23-26(24)29(35)32(28(23)34)19-15-21-10-6-7-14-25(21)36-3/h4-8,10,12-14,22H,1-2,9,11,15-20H2,3H3. The number of carbonyl (C=O) groups is 3. The minimum Gasteiger partial charge on any atom is -0.496 e. The van der Waals surface area contributed by atoms with Crippen LogP contribution in [0.3, 0.4) is 0 Å². The number of amides is 3. The third-order valence-corrected chi connectivity index (χ3v) is 6.90. The highest BCUT2D eigenvalue weighted by Gasteiger charge is 2.39. The molecule has 188 valence electrons. The molecule has 0 saturated carbocycles. The molecule has 7 heteroatoms. The van der Waals surface area contributed by atoms with Crippen molar-refractivity contribution < 1.29 is 19.1 Å². The minimum atomic E-state index is -0.283. The molecule has 2 heterocycles. The highest BCUT2D eigenvalue weighted by atomic mass is 16.5. The molecule has 1 fully saturated rings. The van der Waals surface area contributed by atoms with E-state index in [1.165, 1.54) is 4.90 Å². The molecule has 36 heavy (non-hydrogen) atoms. The number of imide groups is 1. The van der Waals surface area contributed by atoms with Gasteiger partial charge < -0.3 is 14.5 Å². The largest absolute Gasteiger partial charge is 0.496 e. The Morgan fingerprint density at radius 1 is 1.08 bits per heavy atom. The quantitative estimate of drug-likeness (QED) is 0.375. The van der Waals surface area contributed by atoms with Gasteiger partial charge in [-0.25, -0.2) is 0 Å². The zero-order chi connectivity index (χ0) is 25.7. The smallest absolute Gasteiger partial charge is 0.263 e. The summed E-state index contributed by atoms with van der Waals surface area (Å²) in [5, 5.41) is 0. The van der Waals surface area contributed by atoms with Crippen LogP contribution in [0.25, 0.3) is 0 Å². The topological polar surface area (TPSA) is 70.2 Å². The van der Waals surface area contributed by atoms with Crippen LogP contribution >= 0.6 is 0 Å². The Hall–Kier alpha value is -3.87. The molecule has 7 nitrogen and oxygen atoms in total. The summed E-state index contributed by atoms with van der Waals surface area (Å²) in [4.78, 5) is 45.0. The average molecular weight is 488 g/mol. The Balaban J connectivity index is 1.53. The number of hydrogen-bond acceptors (Lipinski definition) is 5. The third kappa shape index (κ3) is 4.91. The SMILES string of the molecule is C=CCN(CC=C)C(=O)C1CCCN(c2cccc3c2C(=O)N(CCc2ccccc2OC)C3=O)C1. The summed E-state index contributed by atoms with van der Waals surface area (Å²) in [5.41, 5.74) is 2.52. The molecule has 1 unspecified atom stereocenters. The summed E-state index contributed by atoms with van der Waals surface area (Å²) in [7, 11) is 1.61. The molecule has 0 spiro atoms. The lowest BCUT2D eigenvalue weighted by Crippen LogP contribution is -2.45. The maximum Gasteiger partial charge on any atom is 0.263 e. The fourth-order valence-corrected chi connectivity index (χ4v) is 5.15. The predicted molar refractivity (Wildman–Crippen MR) is 140 cm³/mol. The Kier molecular flexibility index (Phi) is 7.88. The average Bonchev–Trinajstić information content (AvgIpc) is 3.16. The Labute approximate surface area is 212 Å². The number of carbonyl (C=O) groups excluding carboxylic acids is 3. The van der Waals surface area contributed by atoms with Crippen molar-refractivity contribution in [2.45, 2.75) is 19.3 Å². The minimum absolute atomic E-state index is 0.0629. The first-order valence-corrected chi connectivity index (χ1v) is 12.4.